The Labute approximate surface area is 71.7 Å². The first kappa shape index (κ1) is 7.22. The quantitative estimate of drug-likeness (QED) is 0.627. The van der Waals surface area contributed by atoms with Crippen molar-refractivity contribution in [2.24, 2.45) is 0 Å². The summed E-state index contributed by atoms with van der Waals surface area (Å²) >= 11 is 0. The van der Waals surface area contributed by atoms with E-state index >= 15 is 0 Å². The van der Waals surface area contributed by atoms with E-state index in [9.17, 15) is 5.11 Å². The fourth-order valence-corrected chi connectivity index (χ4v) is 1.42. The third kappa shape index (κ3) is 1.16. The highest BCUT2D eigenvalue weighted by molar-refractivity contribution is 5.57. The molecule has 0 aromatic heterocycles. The molecule has 0 saturated heterocycles. The van der Waals surface area contributed by atoms with Crippen molar-refractivity contribution in [3.05, 3.63) is 35.5 Å². The topological polar surface area (TPSA) is 23.5 Å². The molecule has 0 unspecified atom stereocenters. The number of nitrogens with zero attached hydrogens (tertiary/aromatic N) is 1. The van der Waals surface area contributed by atoms with E-state index in [2.05, 4.69) is 11.0 Å². The number of hydrogen-bond acceptors (Lipinski definition) is 2. The Hall–Kier alpha value is -1.44. The molecule has 12 heavy (non-hydrogen) atoms. The average molecular weight is 161 g/mol. The molecule has 0 atom stereocenters. The van der Waals surface area contributed by atoms with Gasteiger partial charge in [-0.15, -0.1) is 0 Å². The van der Waals surface area contributed by atoms with Crippen molar-refractivity contribution >= 4 is 6.08 Å². The summed E-state index contributed by atoms with van der Waals surface area (Å²) in [5.74, 6) is 0.345. The minimum absolute atomic E-state index is 0.345. The fourth-order valence-electron chi connectivity index (χ4n) is 1.42. The van der Waals surface area contributed by atoms with E-state index in [1.807, 2.05) is 25.4 Å². The molecule has 1 aliphatic rings. The third-order valence-electron chi connectivity index (χ3n) is 2.05. The number of aromatic hydroxyl groups is 1. The lowest BCUT2D eigenvalue weighted by Gasteiger charge is -2.20. The summed E-state index contributed by atoms with van der Waals surface area (Å²) < 4.78 is 0. The molecule has 0 saturated carbocycles. The van der Waals surface area contributed by atoms with Crippen LogP contribution in [0, 0.1) is 0 Å². The van der Waals surface area contributed by atoms with E-state index in [0.717, 1.165) is 6.54 Å². The summed E-state index contributed by atoms with van der Waals surface area (Å²) in [6.07, 6.45) is 4.09. The van der Waals surface area contributed by atoms with E-state index in [1.165, 1.54) is 11.1 Å². The Morgan fingerprint density at radius 2 is 2.25 bits per heavy atom. The average Bonchev–Trinajstić information content (AvgIpc) is 2.03. The first-order chi connectivity index (χ1) is 5.75. The summed E-state index contributed by atoms with van der Waals surface area (Å²) in [7, 11) is 2.02. The highest BCUT2D eigenvalue weighted by atomic mass is 16.3. The molecule has 2 rings (SSSR count). The van der Waals surface area contributed by atoms with Gasteiger partial charge < -0.3 is 10.0 Å². The maximum atomic E-state index is 9.23. The van der Waals surface area contributed by atoms with Gasteiger partial charge in [-0.2, -0.15) is 0 Å². The van der Waals surface area contributed by atoms with Crippen LogP contribution in [0.4, 0.5) is 0 Å². The van der Waals surface area contributed by atoms with E-state index in [4.69, 9.17) is 0 Å². The zero-order valence-electron chi connectivity index (χ0n) is 6.99. The fraction of sp³-hybridized carbons (Fsp3) is 0.200. The minimum Gasteiger partial charge on any atom is -0.508 e. The maximum absolute atomic E-state index is 9.23. The standard InChI is InChI=1S/C10H11NO/c1-11-5-4-8-2-3-10(12)6-9(8)7-11/h2-6,12H,7H2,1H3. The van der Waals surface area contributed by atoms with Crippen LogP contribution in [0.1, 0.15) is 11.1 Å². The largest absolute Gasteiger partial charge is 0.508 e. The Morgan fingerprint density at radius 1 is 1.42 bits per heavy atom. The van der Waals surface area contributed by atoms with Crippen LogP contribution >= 0.6 is 0 Å². The molecular weight excluding hydrogens is 150 g/mol. The van der Waals surface area contributed by atoms with Crippen molar-refractivity contribution in [3.8, 4) is 5.75 Å². The van der Waals surface area contributed by atoms with Crippen LogP contribution in [0.2, 0.25) is 0 Å². The molecule has 2 heteroatoms. The van der Waals surface area contributed by atoms with Gasteiger partial charge in [0.1, 0.15) is 5.75 Å². The SMILES string of the molecule is CN1C=Cc2ccc(O)cc2C1. The maximum Gasteiger partial charge on any atom is 0.115 e. The molecular formula is C10H11NO. The van der Waals surface area contributed by atoms with Gasteiger partial charge in [0.25, 0.3) is 0 Å². The van der Waals surface area contributed by atoms with Crippen molar-refractivity contribution in [2.75, 3.05) is 7.05 Å². The highest BCUT2D eigenvalue weighted by Crippen LogP contribution is 2.22. The first-order valence-corrected chi connectivity index (χ1v) is 3.96. The first-order valence-electron chi connectivity index (χ1n) is 3.96. The van der Waals surface area contributed by atoms with Gasteiger partial charge in [-0.3, -0.25) is 0 Å². The van der Waals surface area contributed by atoms with Crippen LogP contribution in [-0.4, -0.2) is 17.1 Å². The van der Waals surface area contributed by atoms with Crippen molar-refractivity contribution in [2.45, 2.75) is 6.54 Å². The highest BCUT2D eigenvalue weighted by Gasteiger charge is 2.06. The van der Waals surface area contributed by atoms with Gasteiger partial charge in [0.15, 0.2) is 0 Å². The smallest absolute Gasteiger partial charge is 0.115 e. The van der Waals surface area contributed by atoms with E-state index in [-0.39, 0.29) is 0 Å². The van der Waals surface area contributed by atoms with E-state index in [1.54, 1.807) is 6.07 Å². The van der Waals surface area contributed by atoms with Gasteiger partial charge in [-0.05, 0) is 35.5 Å². The molecule has 1 heterocycles. The Morgan fingerprint density at radius 3 is 3.08 bits per heavy atom. The lowest BCUT2D eigenvalue weighted by Crippen LogP contribution is -2.13. The lowest BCUT2D eigenvalue weighted by molar-refractivity contribution is 0.441. The summed E-state index contributed by atoms with van der Waals surface area (Å²) in [6, 6.07) is 5.47. The van der Waals surface area contributed by atoms with Crippen LogP contribution < -0.4 is 0 Å². The Bertz CT molecular complexity index is 331. The molecule has 1 N–H and O–H groups in total. The van der Waals surface area contributed by atoms with Gasteiger partial charge in [0.05, 0.1) is 0 Å². The normalized spacial score (nSPS) is 14.6. The zero-order chi connectivity index (χ0) is 8.55. The summed E-state index contributed by atoms with van der Waals surface area (Å²) in [5, 5.41) is 9.23. The summed E-state index contributed by atoms with van der Waals surface area (Å²) in [4.78, 5) is 2.09. The molecule has 0 amide bonds. The molecule has 0 spiro atoms. The van der Waals surface area contributed by atoms with Gasteiger partial charge in [0, 0.05) is 13.6 Å². The lowest BCUT2D eigenvalue weighted by atomic mass is 10.0. The molecule has 62 valence electrons. The minimum atomic E-state index is 0.345. The molecule has 0 bridgehead atoms. The molecule has 1 aromatic carbocycles. The van der Waals surface area contributed by atoms with Gasteiger partial charge >= 0.3 is 0 Å². The van der Waals surface area contributed by atoms with E-state index < -0.39 is 0 Å². The van der Waals surface area contributed by atoms with Crippen LogP contribution in [0.25, 0.3) is 6.08 Å². The number of hydrogen-bond donors (Lipinski definition) is 1. The molecule has 0 aliphatic carbocycles. The van der Waals surface area contributed by atoms with Crippen LogP contribution in [-0.2, 0) is 6.54 Å². The Balaban J connectivity index is 2.47. The van der Waals surface area contributed by atoms with E-state index in [0.29, 0.717) is 5.75 Å². The number of rotatable bonds is 0. The van der Waals surface area contributed by atoms with Crippen LogP contribution in [0.15, 0.2) is 24.4 Å². The van der Waals surface area contributed by atoms with Crippen molar-refractivity contribution in [3.63, 3.8) is 0 Å². The number of benzene rings is 1. The molecule has 2 nitrogen and oxygen atoms in total. The predicted octanol–water partition coefficient (Wildman–Crippen LogP) is 1.81. The number of phenols is 1. The molecule has 1 aromatic rings. The Kier molecular flexibility index (Phi) is 1.54. The van der Waals surface area contributed by atoms with Gasteiger partial charge in [0.2, 0.25) is 0 Å². The second-order valence-electron chi connectivity index (χ2n) is 3.11. The van der Waals surface area contributed by atoms with Crippen molar-refractivity contribution in [1.29, 1.82) is 0 Å². The number of phenolic OH excluding ortho intramolecular Hbond substituents is 1. The van der Waals surface area contributed by atoms with Crippen molar-refractivity contribution < 1.29 is 5.11 Å². The second kappa shape index (κ2) is 2.55. The van der Waals surface area contributed by atoms with Crippen LogP contribution in [0.5, 0.6) is 5.75 Å². The van der Waals surface area contributed by atoms with Crippen LogP contribution in [0.3, 0.4) is 0 Å². The second-order valence-corrected chi connectivity index (χ2v) is 3.11. The zero-order valence-corrected chi connectivity index (χ0v) is 6.99. The van der Waals surface area contributed by atoms with Gasteiger partial charge in [-0.1, -0.05) is 6.07 Å². The number of fused-ring (bicyclic) bond motifs is 1. The monoisotopic (exact) mass is 161 g/mol. The summed E-state index contributed by atoms with van der Waals surface area (Å²) in [5.41, 5.74) is 2.38. The molecule has 1 aliphatic heterocycles. The predicted molar refractivity (Wildman–Crippen MR) is 48.6 cm³/mol. The third-order valence-corrected chi connectivity index (χ3v) is 2.05. The summed E-state index contributed by atoms with van der Waals surface area (Å²) in [6.45, 7) is 0.875. The molecule has 0 radical (unpaired) electrons. The van der Waals surface area contributed by atoms with Crippen molar-refractivity contribution in [1.82, 2.24) is 4.90 Å². The molecule has 0 fully saturated rings. The van der Waals surface area contributed by atoms with Gasteiger partial charge in [-0.25, -0.2) is 0 Å².